The van der Waals surface area contributed by atoms with Gasteiger partial charge < -0.3 is 34.4 Å². The Labute approximate surface area is 248 Å². The number of benzene rings is 2. The fourth-order valence-electron chi connectivity index (χ4n) is 5.04. The Morgan fingerprint density at radius 1 is 0.977 bits per heavy atom. The molecule has 0 unspecified atom stereocenters. The number of hydrogen-bond acceptors (Lipinski definition) is 8. The van der Waals surface area contributed by atoms with Crippen LogP contribution >= 0.6 is 0 Å². The molecule has 4 heterocycles. The molecule has 3 amide bonds. The lowest BCUT2D eigenvalue weighted by molar-refractivity contribution is -0.150. The van der Waals surface area contributed by atoms with Gasteiger partial charge >= 0.3 is 0 Å². The van der Waals surface area contributed by atoms with Gasteiger partial charge in [-0.3, -0.25) is 19.4 Å². The molecule has 0 bridgehead atoms. The summed E-state index contributed by atoms with van der Waals surface area (Å²) >= 11 is 0. The first kappa shape index (κ1) is 30.5. The third-order valence-electron chi connectivity index (χ3n) is 7.39. The standard InChI is InChI=1S/C27H27FN4O6.C4H8O/c1-16-2-3-17-14-18(4-7-22(17)29-16)30-25(34)23(33)24-27(36)32(10-13-38-24)19-5-6-21(28)20(15-19)26(35)31-8-11-37-12-9-31;1-2-4-5-3-1/h2-7,14-15,23-24,33H,8-13H2,1H3,(H,30,34);1-4H2/t23-,24-;/m1./s1. The number of aliphatic hydroxyl groups is 1. The van der Waals surface area contributed by atoms with Gasteiger partial charge in [-0.1, -0.05) is 6.07 Å². The van der Waals surface area contributed by atoms with Crippen LogP contribution in [0.5, 0.6) is 0 Å². The van der Waals surface area contributed by atoms with E-state index in [1.807, 2.05) is 19.1 Å². The summed E-state index contributed by atoms with van der Waals surface area (Å²) in [6.07, 6.45) is -0.719. The van der Waals surface area contributed by atoms with Crippen LogP contribution in [0.2, 0.25) is 0 Å². The molecule has 2 aromatic carbocycles. The molecule has 43 heavy (non-hydrogen) atoms. The molecule has 11 nitrogen and oxygen atoms in total. The van der Waals surface area contributed by atoms with Gasteiger partial charge in [0.15, 0.2) is 12.2 Å². The summed E-state index contributed by atoms with van der Waals surface area (Å²) in [6, 6.07) is 12.7. The highest BCUT2D eigenvalue weighted by Gasteiger charge is 2.39. The molecule has 3 aromatic rings. The lowest BCUT2D eigenvalue weighted by Gasteiger charge is -2.34. The van der Waals surface area contributed by atoms with Crippen molar-refractivity contribution in [3.8, 4) is 0 Å². The number of carbonyl (C=O) groups is 3. The maximum absolute atomic E-state index is 14.6. The number of hydrogen-bond donors (Lipinski definition) is 2. The van der Waals surface area contributed by atoms with Gasteiger partial charge in [0.25, 0.3) is 17.7 Å². The van der Waals surface area contributed by atoms with Crippen molar-refractivity contribution in [2.75, 3.05) is 62.9 Å². The van der Waals surface area contributed by atoms with Gasteiger partial charge in [-0.2, -0.15) is 0 Å². The van der Waals surface area contributed by atoms with Gasteiger partial charge in [0.2, 0.25) is 0 Å². The SMILES string of the molecule is C1CCOC1.Cc1ccc2cc(NC(=O)[C@H](O)[C@H]3OCCN(c4ccc(F)c(C(=O)N5CCOCC5)c4)C3=O)ccc2n1. The molecule has 0 saturated carbocycles. The summed E-state index contributed by atoms with van der Waals surface area (Å²) in [5, 5.41) is 14.1. The monoisotopic (exact) mass is 594 g/mol. The molecular weight excluding hydrogens is 559 g/mol. The summed E-state index contributed by atoms with van der Waals surface area (Å²) in [7, 11) is 0. The van der Waals surface area contributed by atoms with E-state index in [1.165, 1.54) is 34.8 Å². The maximum atomic E-state index is 14.6. The number of anilines is 2. The lowest BCUT2D eigenvalue weighted by atomic mass is 10.1. The minimum atomic E-state index is -1.80. The van der Waals surface area contributed by atoms with Crippen molar-refractivity contribution in [1.29, 1.82) is 0 Å². The molecule has 0 radical (unpaired) electrons. The average Bonchev–Trinajstić information content (AvgIpc) is 3.62. The molecule has 228 valence electrons. The third kappa shape index (κ3) is 7.34. The van der Waals surface area contributed by atoms with Crippen LogP contribution in [0.25, 0.3) is 10.9 Å². The number of nitrogens with zero attached hydrogens (tertiary/aromatic N) is 3. The van der Waals surface area contributed by atoms with E-state index in [0.717, 1.165) is 35.9 Å². The van der Waals surface area contributed by atoms with Crippen LogP contribution < -0.4 is 10.2 Å². The second kappa shape index (κ2) is 14.0. The van der Waals surface area contributed by atoms with Crippen LogP contribution in [0, 0.1) is 12.7 Å². The maximum Gasteiger partial charge on any atom is 0.259 e. The number of pyridine rings is 1. The predicted molar refractivity (Wildman–Crippen MR) is 156 cm³/mol. The number of aromatic nitrogens is 1. The van der Waals surface area contributed by atoms with E-state index in [-0.39, 0.29) is 24.4 Å². The minimum Gasteiger partial charge on any atom is -0.381 e. The Balaban J connectivity index is 0.000000668. The van der Waals surface area contributed by atoms with Crippen molar-refractivity contribution in [3.63, 3.8) is 0 Å². The van der Waals surface area contributed by atoms with Crippen LogP contribution in [0.1, 0.15) is 28.9 Å². The van der Waals surface area contributed by atoms with Gasteiger partial charge in [0, 0.05) is 55.3 Å². The van der Waals surface area contributed by atoms with E-state index in [1.54, 1.807) is 18.2 Å². The molecule has 3 saturated heterocycles. The van der Waals surface area contributed by atoms with E-state index < -0.39 is 35.7 Å². The number of fused-ring (bicyclic) bond motifs is 1. The number of morpholine rings is 2. The number of amides is 3. The molecule has 3 aliphatic heterocycles. The molecule has 6 rings (SSSR count). The second-order valence-electron chi connectivity index (χ2n) is 10.5. The summed E-state index contributed by atoms with van der Waals surface area (Å²) in [4.78, 5) is 46.1. The van der Waals surface area contributed by atoms with Crippen molar-refractivity contribution in [2.24, 2.45) is 0 Å². The van der Waals surface area contributed by atoms with E-state index in [9.17, 15) is 23.9 Å². The number of nitrogens with one attached hydrogen (secondary N) is 1. The van der Waals surface area contributed by atoms with Gasteiger partial charge in [0.1, 0.15) is 5.82 Å². The zero-order valence-corrected chi connectivity index (χ0v) is 24.0. The van der Waals surface area contributed by atoms with Crippen molar-refractivity contribution >= 4 is 40.0 Å². The largest absolute Gasteiger partial charge is 0.381 e. The zero-order valence-electron chi connectivity index (χ0n) is 24.0. The quantitative estimate of drug-likeness (QED) is 0.461. The first-order valence-corrected chi connectivity index (χ1v) is 14.4. The topological polar surface area (TPSA) is 131 Å². The van der Waals surface area contributed by atoms with Gasteiger partial charge in [0.05, 0.1) is 30.9 Å². The van der Waals surface area contributed by atoms with Crippen LogP contribution in [0.4, 0.5) is 15.8 Å². The zero-order chi connectivity index (χ0) is 30.3. The third-order valence-corrected chi connectivity index (χ3v) is 7.39. The predicted octanol–water partition coefficient (Wildman–Crippen LogP) is 2.68. The molecule has 3 aliphatic rings. The fourth-order valence-corrected chi connectivity index (χ4v) is 5.04. The van der Waals surface area contributed by atoms with E-state index in [4.69, 9.17) is 14.2 Å². The lowest BCUT2D eigenvalue weighted by Crippen LogP contribution is -2.55. The Hall–Kier alpha value is -3.97. The van der Waals surface area contributed by atoms with Crippen LogP contribution in [0.3, 0.4) is 0 Å². The summed E-state index contributed by atoms with van der Waals surface area (Å²) < 4.78 is 30.2. The number of carbonyl (C=O) groups excluding carboxylic acids is 3. The molecular formula is C31H35FN4O7. The van der Waals surface area contributed by atoms with Crippen molar-refractivity contribution in [2.45, 2.75) is 32.0 Å². The molecule has 3 fully saturated rings. The molecule has 1 aromatic heterocycles. The smallest absolute Gasteiger partial charge is 0.259 e. The Kier molecular flexibility index (Phi) is 9.93. The fraction of sp³-hybridized carbons (Fsp3) is 0.419. The number of aryl methyl sites for hydroxylation is 1. The van der Waals surface area contributed by atoms with E-state index >= 15 is 0 Å². The summed E-state index contributed by atoms with van der Waals surface area (Å²) in [5.41, 5.74) is 2.15. The Bertz CT molecular complexity index is 1470. The number of rotatable bonds is 5. The molecule has 2 atom stereocenters. The Morgan fingerprint density at radius 3 is 2.44 bits per heavy atom. The van der Waals surface area contributed by atoms with Crippen molar-refractivity contribution < 1.29 is 38.1 Å². The number of halogens is 1. The highest BCUT2D eigenvalue weighted by Crippen LogP contribution is 2.25. The molecule has 12 heteroatoms. The van der Waals surface area contributed by atoms with E-state index in [2.05, 4.69) is 10.3 Å². The van der Waals surface area contributed by atoms with Crippen LogP contribution in [0.15, 0.2) is 48.5 Å². The van der Waals surface area contributed by atoms with Crippen molar-refractivity contribution in [1.82, 2.24) is 9.88 Å². The van der Waals surface area contributed by atoms with Crippen LogP contribution in [-0.4, -0.2) is 97.6 Å². The highest BCUT2D eigenvalue weighted by atomic mass is 19.1. The number of aliphatic hydroxyl groups excluding tert-OH is 1. The number of ether oxygens (including phenoxy) is 3. The van der Waals surface area contributed by atoms with Gasteiger partial charge in [-0.05, 0) is 62.2 Å². The average molecular weight is 595 g/mol. The van der Waals surface area contributed by atoms with Crippen LogP contribution in [-0.2, 0) is 23.8 Å². The molecule has 2 N–H and O–H groups in total. The van der Waals surface area contributed by atoms with Gasteiger partial charge in [-0.25, -0.2) is 4.39 Å². The summed E-state index contributed by atoms with van der Waals surface area (Å²) in [5.74, 6) is -2.69. The second-order valence-corrected chi connectivity index (χ2v) is 10.5. The molecule has 0 aliphatic carbocycles. The highest BCUT2D eigenvalue weighted by molar-refractivity contribution is 6.05. The van der Waals surface area contributed by atoms with E-state index in [0.29, 0.717) is 32.0 Å². The normalized spacial score (nSPS) is 19.5. The summed E-state index contributed by atoms with van der Waals surface area (Å²) in [6.45, 7) is 5.44. The Morgan fingerprint density at radius 2 is 1.72 bits per heavy atom. The minimum absolute atomic E-state index is 0.0336. The molecule has 0 spiro atoms. The first-order chi connectivity index (χ1) is 20.8. The van der Waals surface area contributed by atoms with Gasteiger partial charge in [-0.15, -0.1) is 0 Å². The first-order valence-electron chi connectivity index (χ1n) is 14.4. The van der Waals surface area contributed by atoms with Crippen molar-refractivity contribution in [3.05, 3.63) is 65.6 Å².